The average Bonchev–Trinajstić information content (AvgIpc) is 2.45. The standard InChI is InChI=1S/C17H20O/c1-3-9-16(10-4-1)11-7-8-14-18-15-17-12-5-2-6-13-17/h1-6,9-10,12-13H,7-8,11,14-15H2. The van der Waals surface area contributed by atoms with E-state index in [1.807, 2.05) is 18.2 Å². The zero-order valence-electron chi connectivity index (χ0n) is 10.7. The lowest BCUT2D eigenvalue weighted by Crippen LogP contribution is -1.96. The summed E-state index contributed by atoms with van der Waals surface area (Å²) in [5.74, 6) is 0. The van der Waals surface area contributed by atoms with Gasteiger partial charge < -0.3 is 4.74 Å². The van der Waals surface area contributed by atoms with E-state index in [0.717, 1.165) is 26.1 Å². The van der Waals surface area contributed by atoms with Crippen LogP contribution in [0.15, 0.2) is 60.7 Å². The molecule has 0 saturated heterocycles. The van der Waals surface area contributed by atoms with E-state index < -0.39 is 0 Å². The Morgan fingerprint density at radius 1 is 0.667 bits per heavy atom. The first-order chi connectivity index (χ1) is 8.95. The van der Waals surface area contributed by atoms with Gasteiger partial charge in [-0.1, -0.05) is 60.7 Å². The first kappa shape index (κ1) is 12.8. The van der Waals surface area contributed by atoms with E-state index in [4.69, 9.17) is 4.74 Å². The molecule has 0 aromatic heterocycles. The molecule has 0 spiro atoms. The maximum absolute atomic E-state index is 5.66. The molecule has 0 saturated carbocycles. The van der Waals surface area contributed by atoms with Crippen LogP contribution in [0.3, 0.4) is 0 Å². The number of benzene rings is 2. The number of rotatable bonds is 7. The van der Waals surface area contributed by atoms with Crippen molar-refractivity contribution < 1.29 is 4.74 Å². The fourth-order valence-electron chi connectivity index (χ4n) is 1.94. The number of unbranched alkanes of at least 4 members (excludes halogenated alkanes) is 1. The summed E-state index contributed by atoms with van der Waals surface area (Å²) in [6, 6.07) is 21.0. The molecule has 0 aliphatic heterocycles. The first-order valence-corrected chi connectivity index (χ1v) is 6.61. The minimum atomic E-state index is 0.728. The van der Waals surface area contributed by atoms with E-state index in [1.165, 1.54) is 17.5 Å². The van der Waals surface area contributed by atoms with Gasteiger partial charge in [0, 0.05) is 6.61 Å². The fourth-order valence-corrected chi connectivity index (χ4v) is 1.94. The van der Waals surface area contributed by atoms with Crippen LogP contribution in [0.1, 0.15) is 24.0 Å². The van der Waals surface area contributed by atoms with Crippen molar-refractivity contribution in [2.75, 3.05) is 6.61 Å². The van der Waals surface area contributed by atoms with Gasteiger partial charge in [0.05, 0.1) is 6.61 Å². The maximum Gasteiger partial charge on any atom is 0.0716 e. The third kappa shape index (κ3) is 4.72. The van der Waals surface area contributed by atoms with Gasteiger partial charge in [-0.05, 0) is 30.4 Å². The summed E-state index contributed by atoms with van der Waals surface area (Å²) in [5.41, 5.74) is 2.67. The maximum atomic E-state index is 5.66. The van der Waals surface area contributed by atoms with E-state index in [9.17, 15) is 0 Å². The second-order valence-corrected chi connectivity index (χ2v) is 4.48. The minimum Gasteiger partial charge on any atom is -0.377 e. The van der Waals surface area contributed by atoms with Crippen molar-refractivity contribution >= 4 is 0 Å². The lowest BCUT2D eigenvalue weighted by Gasteiger charge is -2.04. The molecule has 1 heteroatoms. The van der Waals surface area contributed by atoms with Gasteiger partial charge in [0.2, 0.25) is 0 Å². The van der Waals surface area contributed by atoms with Gasteiger partial charge in [-0.15, -0.1) is 0 Å². The van der Waals surface area contributed by atoms with Crippen LogP contribution in [0.25, 0.3) is 0 Å². The van der Waals surface area contributed by atoms with Gasteiger partial charge >= 0.3 is 0 Å². The van der Waals surface area contributed by atoms with E-state index in [-0.39, 0.29) is 0 Å². The quantitative estimate of drug-likeness (QED) is 0.658. The molecule has 0 heterocycles. The SMILES string of the molecule is c1ccc(CCCCOCc2ccccc2)cc1. The Hall–Kier alpha value is -1.60. The molecule has 2 rings (SSSR count). The Morgan fingerprint density at radius 3 is 1.94 bits per heavy atom. The summed E-state index contributed by atoms with van der Waals surface area (Å²) in [4.78, 5) is 0. The summed E-state index contributed by atoms with van der Waals surface area (Å²) >= 11 is 0. The van der Waals surface area contributed by atoms with E-state index in [0.29, 0.717) is 0 Å². The Kier molecular flexibility index (Phi) is 5.48. The highest BCUT2D eigenvalue weighted by Gasteiger charge is 1.94. The Bertz CT molecular complexity index is 378. The molecule has 2 aromatic carbocycles. The zero-order valence-corrected chi connectivity index (χ0v) is 10.7. The molecular formula is C17H20O. The Labute approximate surface area is 109 Å². The molecule has 0 aliphatic rings. The van der Waals surface area contributed by atoms with Crippen LogP contribution in [0.5, 0.6) is 0 Å². The normalized spacial score (nSPS) is 10.4. The molecule has 0 N–H and O–H groups in total. The van der Waals surface area contributed by atoms with Gasteiger partial charge in [-0.25, -0.2) is 0 Å². The third-order valence-electron chi connectivity index (χ3n) is 2.96. The molecule has 94 valence electrons. The topological polar surface area (TPSA) is 9.23 Å². The summed E-state index contributed by atoms with van der Waals surface area (Å²) in [6.45, 7) is 1.58. The van der Waals surface area contributed by atoms with Crippen LogP contribution in [0.2, 0.25) is 0 Å². The molecular weight excluding hydrogens is 220 g/mol. The summed E-state index contributed by atoms with van der Waals surface area (Å²) < 4.78 is 5.66. The highest BCUT2D eigenvalue weighted by atomic mass is 16.5. The van der Waals surface area contributed by atoms with E-state index in [2.05, 4.69) is 42.5 Å². The molecule has 18 heavy (non-hydrogen) atoms. The molecule has 0 atom stereocenters. The molecule has 1 nitrogen and oxygen atoms in total. The third-order valence-corrected chi connectivity index (χ3v) is 2.96. The monoisotopic (exact) mass is 240 g/mol. The average molecular weight is 240 g/mol. The van der Waals surface area contributed by atoms with Crippen molar-refractivity contribution in [1.29, 1.82) is 0 Å². The van der Waals surface area contributed by atoms with Gasteiger partial charge in [0.1, 0.15) is 0 Å². The van der Waals surface area contributed by atoms with Crippen LogP contribution in [0.4, 0.5) is 0 Å². The van der Waals surface area contributed by atoms with Crippen LogP contribution >= 0.6 is 0 Å². The lowest BCUT2D eigenvalue weighted by atomic mass is 10.1. The second-order valence-electron chi connectivity index (χ2n) is 4.48. The van der Waals surface area contributed by atoms with Crippen molar-refractivity contribution in [1.82, 2.24) is 0 Å². The molecule has 0 fully saturated rings. The number of aryl methyl sites for hydroxylation is 1. The highest BCUT2D eigenvalue weighted by Crippen LogP contribution is 2.05. The highest BCUT2D eigenvalue weighted by molar-refractivity contribution is 5.14. The van der Waals surface area contributed by atoms with Gasteiger partial charge in [-0.3, -0.25) is 0 Å². The number of ether oxygens (including phenoxy) is 1. The van der Waals surface area contributed by atoms with Gasteiger partial charge in [0.15, 0.2) is 0 Å². The van der Waals surface area contributed by atoms with Crippen molar-refractivity contribution in [2.24, 2.45) is 0 Å². The number of hydrogen-bond acceptors (Lipinski definition) is 1. The van der Waals surface area contributed by atoms with Crippen molar-refractivity contribution in [3.8, 4) is 0 Å². The molecule has 0 aliphatic carbocycles. The smallest absolute Gasteiger partial charge is 0.0716 e. The van der Waals surface area contributed by atoms with Crippen molar-refractivity contribution in [3.63, 3.8) is 0 Å². The number of hydrogen-bond donors (Lipinski definition) is 0. The summed E-state index contributed by atoms with van der Waals surface area (Å²) in [5, 5.41) is 0. The predicted octanol–water partition coefficient (Wildman–Crippen LogP) is 4.23. The minimum absolute atomic E-state index is 0.728. The van der Waals surface area contributed by atoms with Gasteiger partial charge in [0.25, 0.3) is 0 Å². The van der Waals surface area contributed by atoms with E-state index >= 15 is 0 Å². The molecule has 0 radical (unpaired) electrons. The Balaban J connectivity index is 1.54. The van der Waals surface area contributed by atoms with Crippen LogP contribution in [-0.4, -0.2) is 6.61 Å². The van der Waals surface area contributed by atoms with Crippen LogP contribution in [-0.2, 0) is 17.8 Å². The second kappa shape index (κ2) is 7.67. The molecule has 0 unspecified atom stereocenters. The largest absolute Gasteiger partial charge is 0.377 e. The first-order valence-electron chi connectivity index (χ1n) is 6.61. The predicted molar refractivity (Wildman–Crippen MR) is 75.5 cm³/mol. The summed E-state index contributed by atoms with van der Waals surface area (Å²) in [6.07, 6.45) is 3.47. The van der Waals surface area contributed by atoms with Gasteiger partial charge in [-0.2, -0.15) is 0 Å². The molecule has 0 amide bonds. The lowest BCUT2D eigenvalue weighted by molar-refractivity contribution is 0.117. The van der Waals surface area contributed by atoms with Crippen molar-refractivity contribution in [2.45, 2.75) is 25.9 Å². The van der Waals surface area contributed by atoms with Crippen LogP contribution < -0.4 is 0 Å². The molecule has 0 bridgehead atoms. The summed E-state index contributed by atoms with van der Waals surface area (Å²) in [7, 11) is 0. The van der Waals surface area contributed by atoms with E-state index in [1.54, 1.807) is 0 Å². The fraction of sp³-hybridized carbons (Fsp3) is 0.294. The molecule has 2 aromatic rings. The Morgan fingerprint density at radius 2 is 1.28 bits per heavy atom. The van der Waals surface area contributed by atoms with Crippen molar-refractivity contribution in [3.05, 3.63) is 71.8 Å². The zero-order chi connectivity index (χ0) is 12.5. The van der Waals surface area contributed by atoms with Crippen LogP contribution in [0, 0.1) is 0 Å².